The van der Waals surface area contributed by atoms with Gasteiger partial charge >= 0.3 is 0 Å². The van der Waals surface area contributed by atoms with Crippen molar-refractivity contribution in [3.8, 4) is 0 Å². The first-order valence-corrected chi connectivity index (χ1v) is 7.36. The van der Waals surface area contributed by atoms with Crippen LogP contribution in [0.5, 0.6) is 0 Å². The number of aryl methyl sites for hydroxylation is 1. The lowest BCUT2D eigenvalue weighted by atomic mass is 9.96. The second-order valence-corrected chi connectivity index (χ2v) is 5.36. The summed E-state index contributed by atoms with van der Waals surface area (Å²) >= 11 is 0. The van der Waals surface area contributed by atoms with Crippen molar-refractivity contribution in [1.29, 1.82) is 0 Å². The molecule has 104 valence electrons. The molecule has 19 heavy (non-hydrogen) atoms. The average Bonchev–Trinajstić information content (AvgIpc) is 2.47. The monoisotopic (exact) mass is 259 g/mol. The summed E-state index contributed by atoms with van der Waals surface area (Å²) in [7, 11) is 1.99. The molecule has 1 aliphatic carbocycles. The van der Waals surface area contributed by atoms with E-state index >= 15 is 0 Å². The number of guanidine groups is 1. The standard InChI is InChI=1S/C16H25N3/c1-3-13-9-11-15(12-10-13)19(2)16(17)18-14-7-5-4-6-8-14/h9-12,14H,3-8H2,1-2H3,(H2,17,18). The molecule has 0 aromatic heterocycles. The van der Waals surface area contributed by atoms with E-state index in [0.717, 1.165) is 12.1 Å². The number of nitrogens with two attached hydrogens (primary N) is 1. The molecule has 1 fully saturated rings. The second kappa shape index (κ2) is 6.60. The van der Waals surface area contributed by atoms with E-state index < -0.39 is 0 Å². The maximum Gasteiger partial charge on any atom is 0.195 e. The van der Waals surface area contributed by atoms with Gasteiger partial charge in [-0.3, -0.25) is 0 Å². The van der Waals surface area contributed by atoms with Crippen LogP contribution < -0.4 is 10.6 Å². The van der Waals surface area contributed by atoms with E-state index in [0.29, 0.717) is 12.0 Å². The lowest BCUT2D eigenvalue weighted by molar-refractivity contribution is 0.443. The van der Waals surface area contributed by atoms with Gasteiger partial charge in [0.25, 0.3) is 0 Å². The number of hydrogen-bond acceptors (Lipinski definition) is 1. The molecule has 1 aromatic carbocycles. The molecule has 1 aliphatic rings. The third-order valence-corrected chi connectivity index (χ3v) is 3.97. The Balaban J connectivity index is 2.04. The van der Waals surface area contributed by atoms with Gasteiger partial charge in [0.05, 0.1) is 6.04 Å². The molecule has 3 heteroatoms. The summed E-state index contributed by atoms with van der Waals surface area (Å²) < 4.78 is 0. The summed E-state index contributed by atoms with van der Waals surface area (Å²) in [6.07, 6.45) is 7.36. The van der Waals surface area contributed by atoms with Crippen LogP contribution in [0.2, 0.25) is 0 Å². The van der Waals surface area contributed by atoms with Crippen molar-refractivity contribution in [1.82, 2.24) is 0 Å². The van der Waals surface area contributed by atoms with Crippen LogP contribution in [0.1, 0.15) is 44.6 Å². The highest BCUT2D eigenvalue weighted by atomic mass is 15.2. The number of anilines is 1. The summed E-state index contributed by atoms with van der Waals surface area (Å²) in [6, 6.07) is 8.95. The third-order valence-electron chi connectivity index (χ3n) is 3.97. The van der Waals surface area contributed by atoms with Gasteiger partial charge in [0.2, 0.25) is 0 Å². The Hall–Kier alpha value is -1.51. The van der Waals surface area contributed by atoms with E-state index in [9.17, 15) is 0 Å². The van der Waals surface area contributed by atoms with Crippen LogP contribution in [0, 0.1) is 0 Å². The number of benzene rings is 1. The molecule has 1 aromatic rings. The van der Waals surface area contributed by atoms with Gasteiger partial charge in [0.15, 0.2) is 5.96 Å². The van der Waals surface area contributed by atoms with E-state index in [2.05, 4.69) is 36.2 Å². The normalized spacial score (nSPS) is 17.5. The topological polar surface area (TPSA) is 41.6 Å². The van der Waals surface area contributed by atoms with Gasteiger partial charge in [-0.1, -0.05) is 38.3 Å². The van der Waals surface area contributed by atoms with Crippen molar-refractivity contribution in [3.05, 3.63) is 29.8 Å². The lowest BCUT2D eigenvalue weighted by Gasteiger charge is -2.23. The van der Waals surface area contributed by atoms with Gasteiger partial charge in [0.1, 0.15) is 0 Å². The summed E-state index contributed by atoms with van der Waals surface area (Å²) in [5.74, 6) is 0.635. The van der Waals surface area contributed by atoms with Crippen LogP contribution in [0.4, 0.5) is 5.69 Å². The third kappa shape index (κ3) is 3.72. The van der Waals surface area contributed by atoms with Gasteiger partial charge < -0.3 is 10.6 Å². The molecule has 0 amide bonds. The van der Waals surface area contributed by atoms with Crippen LogP contribution >= 0.6 is 0 Å². The number of rotatable bonds is 3. The van der Waals surface area contributed by atoms with E-state index in [1.807, 2.05) is 11.9 Å². The fraction of sp³-hybridized carbons (Fsp3) is 0.562. The summed E-state index contributed by atoms with van der Waals surface area (Å²) in [5, 5.41) is 0. The van der Waals surface area contributed by atoms with Crippen molar-refractivity contribution >= 4 is 11.6 Å². The fourth-order valence-electron chi connectivity index (χ4n) is 2.57. The molecule has 3 nitrogen and oxygen atoms in total. The highest BCUT2D eigenvalue weighted by Gasteiger charge is 2.14. The number of hydrogen-bond donors (Lipinski definition) is 1. The predicted molar refractivity (Wildman–Crippen MR) is 82.7 cm³/mol. The van der Waals surface area contributed by atoms with Crippen molar-refractivity contribution in [2.75, 3.05) is 11.9 Å². The lowest BCUT2D eigenvalue weighted by Crippen LogP contribution is -2.35. The smallest absolute Gasteiger partial charge is 0.195 e. The largest absolute Gasteiger partial charge is 0.370 e. The van der Waals surface area contributed by atoms with Crippen LogP contribution in [-0.2, 0) is 6.42 Å². The molecule has 0 spiro atoms. The van der Waals surface area contributed by atoms with E-state index in [1.54, 1.807) is 0 Å². The quantitative estimate of drug-likeness (QED) is 0.668. The number of nitrogens with zero attached hydrogens (tertiary/aromatic N) is 2. The van der Waals surface area contributed by atoms with Crippen molar-refractivity contribution in [2.45, 2.75) is 51.5 Å². The molecule has 0 radical (unpaired) electrons. The van der Waals surface area contributed by atoms with Crippen LogP contribution in [-0.4, -0.2) is 19.0 Å². The van der Waals surface area contributed by atoms with Gasteiger partial charge in [-0.25, -0.2) is 4.99 Å². The predicted octanol–water partition coefficient (Wildman–Crippen LogP) is 3.33. The van der Waals surface area contributed by atoms with Gasteiger partial charge in [-0.05, 0) is 37.0 Å². The molecule has 2 rings (SSSR count). The average molecular weight is 259 g/mol. The Kier molecular flexibility index (Phi) is 4.83. The van der Waals surface area contributed by atoms with Crippen LogP contribution in [0.15, 0.2) is 29.3 Å². The highest BCUT2D eigenvalue weighted by molar-refractivity contribution is 5.94. The Morgan fingerprint density at radius 3 is 2.42 bits per heavy atom. The summed E-state index contributed by atoms with van der Waals surface area (Å²) in [4.78, 5) is 6.66. The molecule has 0 bridgehead atoms. The fourth-order valence-corrected chi connectivity index (χ4v) is 2.57. The van der Waals surface area contributed by atoms with E-state index in [4.69, 9.17) is 5.73 Å². The zero-order valence-corrected chi connectivity index (χ0v) is 12.1. The SMILES string of the molecule is CCc1ccc(N(C)C(N)=NC2CCCCC2)cc1. The second-order valence-electron chi connectivity index (χ2n) is 5.36. The highest BCUT2D eigenvalue weighted by Crippen LogP contribution is 2.21. The van der Waals surface area contributed by atoms with Gasteiger partial charge in [0, 0.05) is 12.7 Å². The zero-order chi connectivity index (χ0) is 13.7. The first kappa shape index (κ1) is 13.9. The molecule has 0 atom stereocenters. The van der Waals surface area contributed by atoms with Crippen LogP contribution in [0.25, 0.3) is 0 Å². The molecule has 0 unspecified atom stereocenters. The minimum Gasteiger partial charge on any atom is -0.370 e. The Labute approximate surface area is 116 Å². The minimum atomic E-state index is 0.422. The molecular weight excluding hydrogens is 234 g/mol. The van der Waals surface area contributed by atoms with Crippen LogP contribution in [0.3, 0.4) is 0 Å². The molecule has 0 saturated heterocycles. The maximum absolute atomic E-state index is 6.13. The van der Waals surface area contributed by atoms with E-state index in [-0.39, 0.29) is 0 Å². The van der Waals surface area contributed by atoms with Crippen molar-refractivity contribution in [2.24, 2.45) is 10.7 Å². The maximum atomic E-state index is 6.13. The van der Waals surface area contributed by atoms with Gasteiger partial charge in [-0.15, -0.1) is 0 Å². The van der Waals surface area contributed by atoms with Crippen molar-refractivity contribution < 1.29 is 0 Å². The Bertz CT molecular complexity index is 416. The van der Waals surface area contributed by atoms with Crippen molar-refractivity contribution in [3.63, 3.8) is 0 Å². The zero-order valence-electron chi connectivity index (χ0n) is 12.1. The summed E-state index contributed by atoms with van der Waals surface area (Å²) in [6.45, 7) is 2.16. The Morgan fingerprint density at radius 2 is 1.84 bits per heavy atom. The minimum absolute atomic E-state index is 0.422. The first-order chi connectivity index (χ1) is 9.20. The molecule has 1 saturated carbocycles. The van der Waals surface area contributed by atoms with Gasteiger partial charge in [-0.2, -0.15) is 0 Å². The molecule has 0 aliphatic heterocycles. The number of aliphatic imine (C=N–C) groups is 1. The molecule has 2 N–H and O–H groups in total. The Morgan fingerprint density at radius 1 is 1.21 bits per heavy atom. The summed E-state index contributed by atoms with van der Waals surface area (Å²) in [5.41, 5.74) is 8.58. The van der Waals surface area contributed by atoms with E-state index in [1.165, 1.54) is 37.7 Å². The molecular formula is C16H25N3. The molecule has 0 heterocycles. The first-order valence-electron chi connectivity index (χ1n) is 7.36.